The summed E-state index contributed by atoms with van der Waals surface area (Å²) in [6.45, 7) is 4.18. The van der Waals surface area contributed by atoms with Crippen LogP contribution in [0, 0.1) is 0 Å². The Labute approximate surface area is 48.7 Å². The molecule has 0 aliphatic rings. The fourth-order valence-electron chi connectivity index (χ4n) is 0.340. The summed E-state index contributed by atoms with van der Waals surface area (Å²) in [6.07, 6.45) is 1.63. The van der Waals surface area contributed by atoms with Gasteiger partial charge in [-0.05, 0) is 23.8 Å². The van der Waals surface area contributed by atoms with Crippen LogP contribution in [0.5, 0.6) is 0 Å². The van der Waals surface area contributed by atoms with Crippen molar-refractivity contribution in [1.29, 1.82) is 0 Å². The quantitative estimate of drug-likeness (QED) is 0.509. The summed E-state index contributed by atoms with van der Waals surface area (Å²) in [5.74, 6) is 0. The summed E-state index contributed by atoms with van der Waals surface area (Å²) >= 11 is 0. The number of hydrogen-bond acceptors (Lipinski definition) is 3. The zero-order chi connectivity index (χ0) is 5.98. The van der Waals surface area contributed by atoms with Gasteiger partial charge in [-0.2, -0.15) is 0 Å². The van der Waals surface area contributed by atoms with Gasteiger partial charge in [0.25, 0.3) is 0 Å². The van der Waals surface area contributed by atoms with Crippen LogP contribution in [0.25, 0.3) is 0 Å². The Bertz CT molecular complexity index is 146. The number of nitrogens with zero attached hydrogens (tertiary/aromatic N) is 4. The lowest BCUT2D eigenvalue weighted by atomic mass is 11.4. The number of tetrazole rings is 1. The van der Waals surface area contributed by atoms with Crippen LogP contribution in [0.4, 0.5) is 0 Å². The Balaban J connectivity index is 2.77. The Morgan fingerprint density at radius 1 is 1.50 bits per heavy atom. The van der Waals surface area contributed by atoms with Crippen molar-refractivity contribution in [3.05, 3.63) is 6.33 Å². The van der Waals surface area contributed by atoms with Crippen molar-refractivity contribution in [2.75, 3.05) is 13.3 Å². The van der Waals surface area contributed by atoms with Crippen molar-refractivity contribution < 1.29 is 0 Å². The molecule has 5 heteroatoms. The fourth-order valence-corrected chi connectivity index (χ4v) is 0.788. The highest BCUT2D eigenvalue weighted by Crippen LogP contribution is 2.23. The summed E-state index contributed by atoms with van der Waals surface area (Å²) in [7, 11) is -0.178. The molecule has 0 aliphatic carbocycles. The van der Waals surface area contributed by atoms with E-state index in [-0.39, 0.29) is 8.07 Å². The second-order valence-corrected chi connectivity index (χ2v) is 3.68. The molecular weight excluding hydrogens is 123 g/mol. The summed E-state index contributed by atoms with van der Waals surface area (Å²) in [4.78, 5) is 0. The average Bonchev–Trinajstić information content (AvgIpc) is 2.12. The number of hydrogen-bond donors (Lipinski definition) is 0. The molecule has 1 heterocycles. The first kappa shape index (κ1) is 5.63. The van der Waals surface area contributed by atoms with E-state index in [1.54, 1.807) is 10.8 Å². The van der Waals surface area contributed by atoms with Crippen molar-refractivity contribution in [1.82, 2.24) is 20.0 Å². The molecule has 0 saturated carbocycles. The van der Waals surface area contributed by atoms with Crippen molar-refractivity contribution in [2.24, 2.45) is 0 Å². The highest BCUT2D eigenvalue weighted by atomic mass is 31.1. The van der Waals surface area contributed by atoms with E-state index in [1.807, 2.05) is 0 Å². The van der Waals surface area contributed by atoms with Crippen molar-refractivity contribution in [3.63, 3.8) is 0 Å². The van der Waals surface area contributed by atoms with Gasteiger partial charge in [0.1, 0.15) is 6.33 Å². The van der Waals surface area contributed by atoms with E-state index in [2.05, 4.69) is 28.9 Å². The molecule has 0 radical (unpaired) electrons. The van der Waals surface area contributed by atoms with Gasteiger partial charge in [-0.15, -0.1) is 5.10 Å². The van der Waals surface area contributed by atoms with E-state index < -0.39 is 0 Å². The van der Waals surface area contributed by atoms with Gasteiger partial charge in [0.15, 0.2) is 0 Å². The van der Waals surface area contributed by atoms with Crippen molar-refractivity contribution >= 4 is 8.07 Å². The predicted molar refractivity (Wildman–Crippen MR) is 32.0 cm³/mol. The molecule has 1 rings (SSSR count). The highest BCUT2D eigenvalue weighted by Gasteiger charge is 1.93. The molecule has 0 atom stereocenters. The topological polar surface area (TPSA) is 43.6 Å². The molecule has 0 amide bonds. The molecule has 0 aromatic carbocycles. The van der Waals surface area contributed by atoms with Gasteiger partial charge in [0.05, 0.1) is 0 Å². The predicted octanol–water partition coefficient (Wildman–Crippen LogP) is 0.178. The van der Waals surface area contributed by atoms with E-state index in [4.69, 9.17) is 0 Å². The first-order valence-corrected chi connectivity index (χ1v) is 4.40. The van der Waals surface area contributed by atoms with Crippen LogP contribution in [0.2, 0.25) is 0 Å². The standard InChI is InChI=1S/C3H7N4P/c1-8(2)7-3-4-5-6-7/h3H,1-2H3. The second-order valence-electron chi connectivity index (χ2n) is 1.58. The van der Waals surface area contributed by atoms with Gasteiger partial charge < -0.3 is 0 Å². The third-order valence-corrected chi connectivity index (χ3v) is 1.75. The zero-order valence-corrected chi connectivity index (χ0v) is 5.71. The summed E-state index contributed by atoms with van der Waals surface area (Å²) in [6, 6.07) is 0. The molecule has 0 bridgehead atoms. The van der Waals surface area contributed by atoms with Crippen LogP contribution in [0.15, 0.2) is 6.33 Å². The monoisotopic (exact) mass is 130 g/mol. The molecule has 8 heavy (non-hydrogen) atoms. The van der Waals surface area contributed by atoms with E-state index in [9.17, 15) is 0 Å². The molecule has 44 valence electrons. The maximum Gasteiger partial charge on any atom is 0.142 e. The Morgan fingerprint density at radius 2 is 2.25 bits per heavy atom. The molecule has 1 aromatic heterocycles. The van der Waals surface area contributed by atoms with Crippen molar-refractivity contribution in [3.8, 4) is 0 Å². The van der Waals surface area contributed by atoms with Crippen LogP contribution in [-0.2, 0) is 0 Å². The Kier molecular flexibility index (Phi) is 1.53. The molecular formula is C3H7N4P. The van der Waals surface area contributed by atoms with Crippen LogP contribution in [-0.4, -0.2) is 33.3 Å². The zero-order valence-electron chi connectivity index (χ0n) is 4.81. The second kappa shape index (κ2) is 2.18. The minimum Gasteiger partial charge on any atom is -0.213 e. The molecule has 0 saturated heterocycles. The maximum atomic E-state index is 3.70. The maximum absolute atomic E-state index is 3.70. The molecule has 0 aliphatic heterocycles. The fraction of sp³-hybridized carbons (Fsp3) is 0.667. The van der Waals surface area contributed by atoms with E-state index in [1.165, 1.54) is 0 Å². The van der Waals surface area contributed by atoms with Gasteiger partial charge in [0.2, 0.25) is 0 Å². The molecule has 0 unspecified atom stereocenters. The molecule has 0 N–H and O–H groups in total. The molecule has 1 aromatic rings. The lowest BCUT2D eigenvalue weighted by molar-refractivity contribution is 0.846. The van der Waals surface area contributed by atoms with Gasteiger partial charge in [-0.3, -0.25) is 0 Å². The molecule has 4 nitrogen and oxygen atoms in total. The molecule has 0 spiro atoms. The normalized spacial score (nSPS) is 10.4. The smallest absolute Gasteiger partial charge is 0.142 e. The SMILES string of the molecule is CP(C)n1cnnn1. The first-order chi connectivity index (χ1) is 3.80. The van der Waals surface area contributed by atoms with Crippen LogP contribution in [0.3, 0.4) is 0 Å². The largest absolute Gasteiger partial charge is 0.213 e. The summed E-state index contributed by atoms with van der Waals surface area (Å²) < 4.78 is 1.76. The third-order valence-electron chi connectivity index (χ3n) is 0.748. The lowest BCUT2D eigenvalue weighted by Gasteiger charge is -1.98. The van der Waals surface area contributed by atoms with Gasteiger partial charge >= 0.3 is 0 Å². The Hall–Kier alpha value is -0.500. The van der Waals surface area contributed by atoms with Crippen LogP contribution in [0.1, 0.15) is 0 Å². The van der Waals surface area contributed by atoms with Crippen molar-refractivity contribution in [2.45, 2.75) is 0 Å². The van der Waals surface area contributed by atoms with E-state index >= 15 is 0 Å². The van der Waals surface area contributed by atoms with Gasteiger partial charge in [0, 0.05) is 8.07 Å². The summed E-state index contributed by atoms with van der Waals surface area (Å²) in [5, 5.41) is 10.7. The number of aromatic nitrogens is 4. The van der Waals surface area contributed by atoms with E-state index in [0.29, 0.717) is 0 Å². The first-order valence-electron chi connectivity index (χ1n) is 2.21. The van der Waals surface area contributed by atoms with Gasteiger partial charge in [-0.25, -0.2) is 4.45 Å². The highest BCUT2D eigenvalue weighted by molar-refractivity contribution is 7.54. The van der Waals surface area contributed by atoms with E-state index in [0.717, 1.165) is 0 Å². The minimum absolute atomic E-state index is 0.178. The Morgan fingerprint density at radius 3 is 2.50 bits per heavy atom. The molecule has 0 fully saturated rings. The average molecular weight is 130 g/mol. The minimum atomic E-state index is -0.178. The van der Waals surface area contributed by atoms with Crippen LogP contribution < -0.4 is 0 Å². The summed E-state index contributed by atoms with van der Waals surface area (Å²) in [5.41, 5.74) is 0. The van der Waals surface area contributed by atoms with Gasteiger partial charge in [-0.1, -0.05) is 0 Å². The number of rotatable bonds is 1. The lowest BCUT2D eigenvalue weighted by Crippen LogP contribution is -1.88. The third kappa shape index (κ3) is 1.01. The van der Waals surface area contributed by atoms with Crippen LogP contribution >= 0.6 is 8.07 Å².